The summed E-state index contributed by atoms with van der Waals surface area (Å²) < 4.78 is 4.98. The number of nitrogens with one attached hydrogen (secondary N) is 1. The van der Waals surface area contributed by atoms with E-state index in [9.17, 15) is 0 Å². The maximum Gasteiger partial charge on any atom is 0.242 e. The number of anilines is 2. The normalized spacial score (nSPS) is 10.3. The fourth-order valence-electron chi connectivity index (χ4n) is 0.984. The number of methoxy groups -OCH3 is 1. The van der Waals surface area contributed by atoms with Gasteiger partial charge in [-0.25, -0.2) is 4.98 Å². The molecule has 5 heteroatoms. The minimum absolute atomic E-state index is 0.409. The van der Waals surface area contributed by atoms with Crippen molar-refractivity contribution in [2.24, 2.45) is 5.92 Å². The summed E-state index contributed by atoms with van der Waals surface area (Å²) in [6, 6.07) is 0. The van der Waals surface area contributed by atoms with Crippen LogP contribution in [0, 0.1) is 5.92 Å². The van der Waals surface area contributed by atoms with Crippen molar-refractivity contribution in [2.75, 3.05) is 24.7 Å². The number of hydrogen-bond donors (Lipinski definition) is 2. The summed E-state index contributed by atoms with van der Waals surface area (Å²) in [7, 11) is 1.53. The Hall–Kier alpha value is -1.52. The fourth-order valence-corrected chi connectivity index (χ4v) is 0.984. The first-order valence-corrected chi connectivity index (χ1v) is 4.53. The van der Waals surface area contributed by atoms with Gasteiger partial charge in [0.05, 0.1) is 7.11 Å². The smallest absolute Gasteiger partial charge is 0.242 e. The van der Waals surface area contributed by atoms with Gasteiger partial charge in [0.25, 0.3) is 0 Å². The van der Waals surface area contributed by atoms with Crippen molar-refractivity contribution < 1.29 is 4.74 Å². The zero-order chi connectivity index (χ0) is 10.6. The SMILES string of the molecule is COc1ncnc(NCC(C)C)c1N. The molecule has 0 saturated heterocycles. The van der Waals surface area contributed by atoms with Crippen molar-refractivity contribution in [1.82, 2.24) is 9.97 Å². The molecule has 0 aliphatic carbocycles. The Balaban J connectivity index is 2.76. The molecule has 0 radical (unpaired) electrons. The van der Waals surface area contributed by atoms with E-state index in [-0.39, 0.29) is 0 Å². The highest BCUT2D eigenvalue weighted by Gasteiger charge is 2.07. The number of nitrogens with two attached hydrogens (primary N) is 1. The summed E-state index contributed by atoms with van der Waals surface area (Å²) in [6.45, 7) is 5.05. The van der Waals surface area contributed by atoms with Crippen LogP contribution in [0.5, 0.6) is 5.88 Å². The monoisotopic (exact) mass is 196 g/mol. The highest BCUT2D eigenvalue weighted by atomic mass is 16.5. The van der Waals surface area contributed by atoms with Crippen LogP contribution in [0.25, 0.3) is 0 Å². The second-order valence-electron chi connectivity index (χ2n) is 3.42. The maximum absolute atomic E-state index is 5.77. The van der Waals surface area contributed by atoms with E-state index >= 15 is 0 Å². The molecule has 0 spiro atoms. The predicted octanol–water partition coefficient (Wildman–Crippen LogP) is 1.14. The summed E-state index contributed by atoms with van der Waals surface area (Å²) in [5.41, 5.74) is 6.22. The molecule has 78 valence electrons. The van der Waals surface area contributed by atoms with Crippen LogP contribution in [0.15, 0.2) is 6.33 Å². The first-order chi connectivity index (χ1) is 6.65. The molecule has 3 N–H and O–H groups in total. The van der Waals surface area contributed by atoms with Crippen molar-refractivity contribution >= 4 is 11.5 Å². The van der Waals surface area contributed by atoms with Gasteiger partial charge in [0, 0.05) is 6.54 Å². The van der Waals surface area contributed by atoms with Crippen LogP contribution >= 0.6 is 0 Å². The van der Waals surface area contributed by atoms with Gasteiger partial charge in [-0.2, -0.15) is 4.98 Å². The van der Waals surface area contributed by atoms with Gasteiger partial charge < -0.3 is 15.8 Å². The summed E-state index contributed by atoms with van der Waals surface area (Å²) in [6.07, 6.45) is 1.43. The van der Waals surface area contributed by atoms with Crippen LogP contribution in [0.1, 0.15) is 13.8 Å². The van der Waals surface area contributed by atoms with Crippen molar-refractivity contribution in [3.63, 3.8) is 0 Å². The quantitative estimate of drug-likeness (QED) is 0.755. The Kier molecular flexibility index (Phi) is 3.50. The second kappa shape index (κ2) is 4.64. The molecule has 0 aliphatic heterocycles. The van der Waals surface area contributed by atoms with E-state index in [0.717, 1.165) is 6.54 Å². The molecule has 0 atom stereocenters. The van der Waals surface area contributed by atoms with Crippen molar-refractivity contribution in [1.29, 1.82) is 0 Å². The lowest BCUT2D eigenvalue weighted by Crippen LogP contribution is -2.11. The Morgan fingerprint density at radius 3 is 2.79 bits per heavy atom. The highest BCUT2D eigenvalue weighted by Crippen LogP contribution is 2.23. The molecule has 0 saturated carbocycles. The van der Waals surface area contributed by atoms with Crippen LogP contribution in [-0.2, 0) is 0 Å². The molecule has 14 heavy (non-hydrogen) atoms. The maximum atomic E-state index is 5.77. The Morgan fingerprint density at radius 2 is 2.21 bits per heavy atom. The molecular weight excluding hydrogens is 180 g/mol. The van der Waals surface area contributed by atoms with E-state index in [1.165, 1.54) is 13.4 Å². The van der Waals surface area contributed by atoms with Gasteiger partial charge in [0.1, 0.15) is 12.0 Å². The summed E-state index contributed by atoms with van der Waals surface area (Å²) in [4.78, 5) is 7.92. The third-order valence-corrected chi connectivity index (χ3v) is 1.72. The molecular formula is C9H16N4O. The number of nitrogens with zero attached hydrogens (tertiary/aromatic N) is 2. The van der Waals surface area contributed by atoms with E-state index in [2.05, 4.69) is 29.1 Å². The highest BCUT2D eigenvalue weighted by molar-refractivity contribution is 5.66. The molecule has 0 bridgehead atoms. The number of nitrogen functional groups attached to an aromatic ring is 1. The van der Waals surface area contributed by atoms with Gasteiger partial charge in [-0.05, 0) is 5.92 Å². The molecule has 5 nitrogen and oxygen atoms in total. The molecule has 0 aliphatic rings. The zero-order valence-electron chi connectivity index (χ0n) is 8.74. The summed E-state index contributed by atoms with van der Waals surface area (Å²) in [5, 5.41) is 3.13. The lowest BCUT2D eigenvalue weighted by atomic mass is 10.2. The van der Waals surface area contributed by atoms with Gasteiger partial charge in [0.2, 0.25) is 5.88 Å². The van der Waals surface area contributed by atoms with Crippen LogP contribution in [0.3, 0.4) is 0 Å². The largest absolute Gasteiger partial charge is 0.479 e. The Labute approximate surface area is 83.7 Å². The van der Waals surface area contributed by atoms with Crippen LogP contribution < -0.4 is 15.8 Å². The third kappa shape index (κ3) is 2.48. The molecule has 0 aromatic carbocycles. The standard InChI is InChI=1S/C9H16N4O/c1-6(2)4-11-8-7(10)9(14-3)13-5-12-8/h5-6H,4,10H2,1-3H3,(H,11,12,13). The van der Waals surface area contributed by atoms with Gasteiger partial charge in [-0.1, -0.05) is 13.8 Å². The molecule has 0 fully saturated rings. The molecule has 1 aromatic heterocycles. The van der Waals surface area contributed by atoms with Crippen LogP contribution in [0.2, 0.25) is 0 Å². The first kappa shape index (κ1) is 10.6. The van der Waals surface area contributed by atoms with E-state index in [4.69, 9.17) is 10.5 Å². The number of ether oxygens (including phenoxy) is 1. The average Bonchev–Trinajstić information content (AvgIpc) is 2.16. The van der Waals surface area contributed by atoms with Crippen molar-refractivity contribution in [2.45, 2.75) is 13.8 Å². The zero-order valence-corrected chi connectivity index (χ0v) is 8.74. The van der Waals surface area contributed by atoms with E-state index in [1.807, 2.05) is 0 Å². The van der Waals surface area contributed by atoms with E-state index in [1.54, 1.807) is 0 Å². The average molecular weight is 196 g/mol. The predicted molar refractivity (Wildman–Crippen MR) is 56.3 cm³/mol. The molecule has 1 rings (SSSR count). The molecule has 1 heterocycles. The fraction of sp³-hybridized carbons (Fsp3) is 0.556. The number of hydrogen-bond acceptors (Lipinski definition) is 5. The van der Waals surface area contributed by atoms with Crippen LogP contribution in [0.4, 0.5) is 11.5 Å². The Morgan fingerprint density at radius 1 is 1.50 bits per heavy atom. The minimum atomic E-state index is 0.409. The summed E-state index contributed by atoms with van der Waals surface area (Å²) in [5.74, 6) is 1.58. The number of aromatic nitrogens is 2. The van der Waals surface area contributed by atoms with E-state index < -0.39 is 0 Å². The number of rotatable bonds is 4. The van der Waals surface area contributed by atoms with Crippen molar-refractivity contribution in [3.05, 3.63) is 6.33 Å². The van der Waals surface area contributed by atoms with Gasteiger partial charge >= 0.3 is 0 Å². The topological polar surface area (TPSA) is 73.1 Å². The van der Waals surface area contributed by atoms with Crippen molar-refractivity contribution in [3.8, 4) is 5.88 Å². The van der Waals surface area contributed by atoms with Crippen LogP contribution in [-0.4, -0.2) is 23.6 Å². The summed E-state index contributed by atoms with van der Waals surface area (Å²) >= 11 is 0. The molecule has 0 unspecified atom stereocenters. The van der Waals surface area contributed by atoms with E-state index in [0.29, 0.717) is 23.3 Å². The lowest BCUT2D eigenvalue weighted by molar-refractivity contribution is 0.399. The molecule has 1 aromatic rings. The molecule has 0 amide bonds. The third-order valence-electron chi connectivity index (χ3n) is 1.72. The second-order valence-corrected chi connectivity index (χ2v) is 3.42. The van der Waals surface area contributed by atoms with Gasteiger partial charge in [-0.15, -0.1) is 0 Å². The van der Waals surface area contributed by atoms with Gasteiger partial charge in [0.15, 0.2) is 5.82 Å². The first-order valence-electron chi connectivity index (χ1n) is 4.53. The lowest BCUT2D eigenvalue weighted by Gasteiger charge is -2.11. The van der Waals surface area contributed by atoms with Gasteiger partial charge in [-0.3, -0.25) is 0 Å². The Bertz CT molecular complexity index is 301. The minimum Gasteiger partial charge on any atom is -0.479 e.